The van der Waals surface area contributed by atoms with Crippen molar-refractivity contribution in [1.82, 2.24) is 15.3 Å². The summed E-state index contributed by atoms with van der Waals surface area (Å²) in [6.07, 6.45) is 3.49. The summed E-state index contributed by atoms with van der Waals surface area (Å²) in [7, 11) is 0. The van der Waals surface area contributed by atoms with E-state index in [9.17, 15) is 4.79 Å². The van der Waals surface area contributed by atoms with Crippen LogP contribution in [-0.4, -0.2) is 35.6 Å². The van der Waals surface area contributed by atoms with Gasteiger partial charge in [-0.3, -0.25) is 4.79 Å². The molecule has 2 aromatic rings. The molecule has 0 saturated carbocycles. The lowest BCUT2D eigenvalue weighted by molar-refractivity contribution is 0.0486. The zero-order chi connectivity index (χ0) is 15.4. The van der Waals surface area contributed by atoms with Crippen molar-refractivity contribution in [2.75, 3.05) is 19.8 Å². The van der Waals surface area contributed by atoms with E-state index in [1.807, 2.05) is 25.1 Å². The van der Waals surface area contributed by atoms with Crippen LogP contribution in [0.15, 0.2) is 36.5 Å². The van der Waals surface area contributed by atoms with Crippen LogP contribution in [0.3, 0.4) is 0 Å². The number of aryl methyl sites for hydroxylation is 1. The van der Waals surface area contributed by atoms with Crippen LogP contribution in [0.1, 0.15) is 34.7 Å². The van der Waals surface area contributed by atoms with Crippen molar-refractivity contribution in [3.63, 3.8) is 0 Å². The Morgan fingerprint density at radius 2 is 2.05 bits per heavy atom. The number of carbonyl (C=O) groups is 1. The second kappa shape index (κ2) is 6.32. The molecule has 22 heavy (non-hydrogen) atoms. The highest BCUT2D eigenvalue weighted by Gasteiger charge is 2.34. The number of aromatic nitrogens is 2. The number of hydrogen-bond donors (Lipinski definition) is 2. The second-order valence-electron chi connectivity index (χ2n) is 5.86. The average molecular weight is 299 g/mol. The fourth-order valence-electron chi connectivity index (χ4n) is 2.98. The first kappa shape index (κ1) is 14.8. The van der Waals surface area contributed by atoms with E-state index in [1.54, 1.807) is 6.20 Å². The largest absolute Gasteiger partial charge is 0.381 e. The summed E-state index contributed by atoms with van der Waals surface area (Å²) < 4.78 is 5.51. The Labute approximate surface area is 130 Å². The van der Waals surface area contributed by atoms with Gasteiger partial charge in [-0.25, -0.2) is 4.98 Å². The molecule has 116 valence electrons. The summed E-state index contributed by atoms with van der Waals surface area (Å²) in [6.45, 7) is 3.93. The summed E-state index contributed by atoms with van der Waals surface area (Å²) in [5, 5.41) is 3.03. The number of nitrogens with one attached hydrogen (secondary N) is 2. The SMILES string of the molecule is Cc1cnc(C(=O)NCC2(c3ccccc3)CCOCC2)[nH]1. The van der Waals surface area contributed by atoms with Crippen molar-refractivity contribution in [2.24, 2.45) is 0 Å². The van der Waals surface area contributed by atoms with Gasteiger partial charge in [0.15, 0.2) is 5.82 Å². The maximum absolute atomic E-state index is 12.2. The van der Waals surface area contributed by atoms with Gasteiger partial charge in [-0.05, 0) is 25.3 Å². The predicted octanol–water partition coefficient (Wildman–Crippen LogP) is 2.20. The van der Waals surface area contributed by atoms with Crippen molar-refractivity contribution in [2.45, 2.75) is 25.2 Å². The zero-order valence-electron chi connectivity index (χ0n) is 12.8. The highest BCUT2D eigenvalue weighted by Crippen LogP contribution is 2.34. The van der Waals surface area contributed by atoms with Gasteiger partial charge >= 0.3 is 0 Å². The van der Waals surface area contributed by atoms with Crippen LogP contribution in [0.25, 0.3) is 0 Å². The Kier molecular flexibility index (Phi) is 4.24. The molecular weight excluding hydrogens is 278 g/mol. The van der Waals surface area contributed by atoms with E-state index in [0.717, 1.165) is 31.7 Å². The smallest absolute Gasteiger partial charge is 0.287 e. The molecule has 0 radical (unpaired) electrons. The van der Waals surface area contributed by atoms with Crippen LogP contribution >= 0.6 is 0 Å². The van der Waals surface area contributed by atoms with Crippen LogP contribution in [-0.2, 0) is 10.2 Å². The first-order chi connectivity index (χ1) is 10.7. The molecule has 0 bridgehead atoms. The van der Waals surface area contributed by atoms with Crippen LogP contribution < -0.4 is 5.32 Å². The van der Waals surface area contributed by atoms with Crippen molar-refractivity contribution in [1.29, 1.82) is 0 Å². The van der Waals surface area contributed by atoms with Gasteiger partial charge in [0, 0.05) is 37.1 Å². The number of carbonyl (C=O) groups excluding carboxylic acids is 1. The van der Waals surface area contributed by atoms with E-state index in [2.05, 4.69) is 27.4 Å². The van der Waals surface area contributed by atoms with Crippen LogP contribution in [0, 0.1) is 6.92 Å². The molecule has 5 nitrogen and oxygen atoms in total. The van der Waals surface area contributed by atoms with E-state index in [4.69, 9.17) is 4.74 Å². The molecule has 1 fully saturated rings. The molecule has 1 saturated heterocycles. The molecule has 2 N–H and O–H groups in total. The number of imidazole rings is 1. The Balaban J connectivity index is 1.75. The molecule has 0 atom stereocenters. The van der Waals surface area contributed by atoms with E-state index >= 15 is 0 Å². The van der Waals surface area contributed by atoms with Crippen LogP contribution in [0.5, 0.6) is 0 Å². The molecular formula is C17H21N3O2. The lowest BCUT2D eigenvalue weighted by atomic mass is 9.74. The zero-order valence-corrected chi connectivity index (χ0v) is 12.8. The number of aromatic amines is 1. The molecule has 3 rings (SSSR count). The van der Waals surface area contributed by atoms with Gasteiger partial charge in [0.25, 0.3) is 5.91 Å². The molecule has 1 aliphatic rings. The molecule has 2 heterocycles. The maximum atomic E-state index is 12.2. The summed E-state index contributed by atoms with van der Waals surface area (Å²) in [5.41, 5.74) is 2.08. The van der Waals surface area contributed by atoms with Gasteiger partial charge in [0.1, 0.15) is 0 Å². The Morgan fingerprint density at radius 3 is 2.68 bits per heavy atom. The monoisotopic (exact) mass is 299 g/mol. The van der Waals surface area contributed by atoms with Gasteiger partial charge in [-0.1, -0.05) is 30.3 Å². The van der Waals surface area contributed by atoms with Crippen LogP contribution in [0.2, 0.25) is 0 Å². The van der Waals surface area contributed by atoms with E-state index in [0.29, 0.717) is 12.4 Å². The minimum absolute atomic E-state index is 0.0587. The maximum Gasteiger partial charge on any atom is 0.287 e. The third kappa shape index (κ3) is 3.04. The van der Waals surface area contributed by atoms with E-state index < -0.39 is 0 Å². The highest BCUT2D eigenvalue weighted by molar-refractivity contribution is 5.90. The molecule has 1 amide bonds. The molecule has 5 heteroatoms. The molecule has 1 aromatic carbocycles. The third-order valence-corrected chi connectivity index (χ3v) is 4.34. The molecule has 0 unspecified atom stereocenters. The number of amides is 1. The number of benzene rings is 1. The van der Waals surface area contributed by atoms with Gasteiger partial charge in [0.05, 0.1) is 0 Å². The average Bonchev–Trinajstić information content (AvgIpc) is 3.01. The summed E-state index contributed by atoms with van der Waals surface area (Å²) in [5.74, 6) is 0.211. The van der Waals surface area contributed by atoms with Crippen LogP contribution in [0.4, 0.5) is 0 Å². The number of hydrogen-bond acceptors (Lipinski definition) is 3. The summed E-state index contributed by atoms with van der Waals surface area (Å²) >= 11 is 0. The quantitative estimate of drug-likeness (QED) is 0.909. The molecule has 0 spiro atoms. The van der Waals surface area contributed by atoms with Gasteiger partial charge < -0.3 is 15.0 Å². The van der Waals surface area contributed by atoms with E-state index in [-0.39, 0.29) is 11.3 Å². The Morgan fingerprint density at radius 1 is 1.32 bits per heavy atom. The van der Waals surface area contributed by atoms with Crippen molar-refractivity contribution < 1.29 is 9.53 Å². The normalized spacial score (nSPS) is 17.1. The Hall–Kier alpha value is -2.14. The lowest BCUT2D eigenvalue weighted by Gasteiger charge is -2.37. The summed E-state index contributed by atoms with van der Waals surface area (Å²) in [4.78, 5) is 19.3. The first-order valence-electron chi connectivity index (χ1n) is 7.63. The van der Waals surface area contributed by atoms with Crippen molar-refractivity contribution in [3.05, 3.63) is 53.6 Å². The lowest BCUT2D eigenvalue weighted by Crippen LogP contribution is -2.44. The molecule has 1 aliphatic heterocycles. The van der Waals surface area contributed by atoms with E-state index in [1.165, 1.54) is 5.56 Å². The topological polar surface area (TPSA) is 67.0 Å². The first-order valence-corrected chi connectivity index (χ1v) is 7.63. The van der Waals surface area contributed by atoms with Gasteiger partial charge in [-0.2, -0.15) is 0 Å². The minimum Gasteiger partial charge on any atom is -0.381 e. The highest BCUT2D eigenvalue weighted by atomic mass is 16.5. The second-order valence-corrected chi connectivity index (χ2v) is 5.86. The number of H-pyrrole nitrogens is 1. The van der Waals surface area contributed by atoms with Gasteiger partial charge in [-0.15, -0.1) is 0 Å². The molecule has 1 aromatic heterocycles. The number of ether oxygens (including phenoxy) is 1. The minimum atomic E-state index is -0.158. The summed E-state index contributed by atoms with van der Waals surface area (Å²) in [6, 6.07) is 10.4. The van der Waals surface area contributed by atoms with Crippen molar-refractivity contribution in [3.8, 4) is 0 Å². The van der Waals surface area contributed by atoms with Crippen molar-refractivity contribution >= 4 is 5.91 Å². The Bertz CT molecular complexity index is 630. The van der Waals surface area contributed by atoms with Gasteiger partial charge in [0.2, 0.25) is 0 Å². The third-order valence-electron chi connectivity index (χ3n) is 4.34. The fourth-order valence-corrected chi connectivity index (χ4v) is 2.98. The fraction of sp³-hybridized carbons (Fsp3) is 0.412. The molecule has 0 aliphatic carbocycles. The number of nitrogens with zero attached hydrogens (tertiary/aromatic N) is 1. The standard InChI is InChI=1S/C17H21N3O2/c1-13-11-18-15(20-13)16(21)19-12-17(7-9-22-10-8-17)14-5-3-2-4-6-14/h2-6,11H,7-10,12H2,1H3,(H,18,20)(H,19,21). The number of rotatable bonds is 4. The predicted molar refractivity (Wildman–Crippen MR) is 83.8 cm³/mol.